The van der Waals surface area contributed by atoms with Crippen molar-refractivity contribution in [3.05, 3.63) is 41.1 Å². The van der Waals surface area contributed by atoms with E-state index in [0.717, 1.165) is 40.8 Å². The summed E-state index contributed by atoms with van der Waals surface area (Å²) >= 11 is 0. The molecule has 10 nitrogen and oxygen atoms in total. The zero-order chi connectivity index (χ0) is 26.4. The number of ether oxygens (including phenoxy) is 2. The van der Waals surface area contributed by atoms with Crippen LogP contribution in [0, 0.1) is 6.92 Å². The Balaban J connectivity index is 1.53. The van der Waals surface area contributed by atoms with E-state index in [-0.39, 0.29) is 13.2 Å². The number of hydrogen-bond acceptors (Lipinski definition) is 9. The summed E-state index contributed by atoms with van der Waals surface area (Å²) in [5.41, 5.74) is 4.36. The number of methoxy groups -OCH3 is 1. The molecule has 3 N–H and O–H groups in total. The first kappa shape index (κ1) is 26.6. The fourth-order valence-electron chi connectivity index (χ4n) is 4.61. The Bertz CT molecular complexity index is 1220. The number of aliphatic hydroxyl groups is 2. The lowest BCUT2D eigenvalue weighted by atomic mass is 10.0. The SMILES string of the molecule is CCc1cc(-c2nc(-c3cc(OC)nc(C4CCCC4)c3)no2)cc(C)c1OC[C@@H](O)CNC(=O)CO. The number of pyridine rings is 1. The van der Waals surface area contributed by atoms with E-state index in [9.17, 15) is 9.90 Å². The van der Waals surface area contributed by atoms with Gasteiger partial charge in [-0.05, 0) is 55.5 Å². The van der Waals surface area contributed by atoms with E-state index in [0.29, 0.717) is 35.7 Å². The van der Waals surface area contributed by atoms with E-state index in [1.807, 2.05) is 38.1 Å². The highest BCUT2D eigenvalue weighted by atomic mass is 16.5. The number of benzene rings is 1. The molecular weight excluding hydrogens is 476 g/mol. The number of hydrogen-bond donors (Lipinski definition) is 3. The highest BCUT2D eigenvalue weighted by Crippen LogP contribution is 2.36. The summed E-state index contributed by atoms with van der Waals surface area (Å²) in [6.45, 7) is 3.29. The van der Waals surface area contributed by atoms with Gasteiger partial charge in [-0.1, -0.05) is 24.9 Å². The highest BCUT2D eigenvalue weighted by molar-refractivity contribution is 5.76. The van der Waals surface area contributed by atoms with Crippen LogP contribution in [0.5, 0.6) is 11.6 Å². The second kappa shape index (κ2) is 12.2. The molecule has 1 aromatic carbocycles. The Hall–Kier alpha value is -3.50. The van der Waals surface area contributed by atoms with E-state index in [1.165, 1.54) is 12.8 Å². The highest BCUT2D eigenvalue weighted by Gasteiger charge is 2.22. The lowest BCUT2D eigenvalue weighted by molar-refractivity contribution is -0.124. The first-order valence-electron chi connectivity index (χ1n) is 12.6. The van der Waals surface area contributed by atoms with Crippen molar-refractivity contribution in [3.63, 3.8) is 0 Å². The lowest BCUT2D eigenvalue weighted by Crippen LogP contribution is -2.36. The summed E-state index contributed by atoms with van der Waals surface area (Å²) in [6.07, 6.45) is 4.45. The fraction of sp³-hybridized carbons (Fsp3) is 0.481. The van der Waals surface area contributed by atoms with Crippen molar-refractivity contribution in [2.45, 2.75) is 58.0 Å². The quantitative estimate of drug-likeness (QED) is 0.355. The third-order valence-electron chi connectivity index (χ3n) is 6.57. The molecule has 1 atom stereocenters. The van der Waals surface area contributed by atoms with Gasteiger partial charge in [0.05, 0.1) is 7.11 Å². The monoisotopic (exact) mass is 510 g/mol. The standard InChI is InChI=1S/C27H34N4O6/c1-4-17-10-20(9-16(2)25(17)36-15-21(33)13-28-23(34)14-32)27-30-26(31-37-27)19-11-22(18-7-5-6-8-18)29-24(12-19)35-3/h9-12,18,21,32-33H,4-8,13-15H2,1-3H3,(H,28,34)/t21-/m0/s1. The third-order valence-corrected chi connectivity index (χ3v) is 6.57. The minimum Gasteiger partial charge on any atom is -0.490 e. The third kappa shape index (κ3) is 6.44. The number of carbonyl (C=O) groups is 1. The van der Waals surface area contributed by atoms with Crippen LogP contribution in [0.3, 0.4) is 0 Å². The summed E-state index contributed by atoms with van der Waals surface area (Å²) in [5.74, 6) is 1.94. The zero-order valence-electron chi connectivity index (χ0n) is 21.5. The van der Waals surface area contributed by atoms with Crippen molar-refractivity contribution in [3.8, 4) is 34.5 Å². The number of aryl methyl sites for hydroxylation is 2. The van der Waals surface area contributed by atoms with Crippen molar-refractivity contribution < 1.29 is 29.0 Å². The van der Waals surface area contributed by atoms with Crippen molar-refractivity contribution in [1.29, 1.82) is 0 Å². The van der Waals surface area contributed by atoms with Crippen molar-refractivity contribution in [2.75, 3.05) is 26.9 Å². The second-order valence-electron chi connectivity index (χ2n) is 9.29. The van der Waals surface area contributed by atoms with E-state index < -0.39 is 18.6 Å². The Morgan fingerprint density at radius 3 is 2.68 bits per heavy atom. The lowest BCUT2D eigenvalue weighted by Gasteiger charge is -2.17. The summed E-state index contributed by atoms with van der Waals surface area (Å²) in [7, 11) is 1.61. The molecule has 3 aromatic rings. The predicted molar refractivity (Wildman–Crippen MR) is 136 cm³/mol. The molecule has 1 amide bonds. The van der Waals surface area contributed by atoms with Crippen LogP contribution in [-0.2, 0) is 11.2 Å². The van der Waals surface area contributed by atoms with Crippen LogP contribution in [0.15, 0.2) is 28.8 Å². The first-order valence-corrected chi connectivity index (χ1v) is 12.6. The van der Waals surface area contributed by atoms with Gasteiger partial charge < -0.3 is 29.5 Å². The predicted octanol–water partition coefficient (Wildman–Crippen LogP) is 3.18. The van der Waals surface area contributed by atoms with Gasteiger partial charge in [-0.15, -0.1) is 0 Å². The zero-order valence-corrected chi connectivity index (χ0v) is 21.5. The molecule has 0 unspecified atom stereocenters. The summed E-state index contributed by atoms with van der Waals surface area (Å²) in [6, 6.07) is 7.70. The van der Waals surface area contributed by atoms with Crippen LogP contribution in [0.2, 0.25) is 0 Å². The van der Waals surface area contributed by atoms with Gasteiger partial charge in [0, 0.05) is 35.3 Å². The topological polar surface area (TPSA) is 140 Å². The van der Waals surface area contributed by atoms with Crippen molar-refractivity contribution >= 4 is 5.91 Å². The van der Waals surface area contributed by atoms with E-state index in [4.69, 9.17) is 19.1 Å². The van der Waals surface area contributed by atoms with Crippen molar-refractivity contribution in [2.24, 2.45) is 0 Å². The Labute approximate surface area is 216 Å². The molecule has 0 radical (unpaired) electrons. The van der Waals surface area contributed by atoms with Crippen LogP contribution in [0.25, 0.3) is 22.8 Å². The minimum atomic E-state index is -0.913. The van der Waals surface area contributed by atoms with Gasteiger partial charge in [-0.3, -0.25) is 4.79 Å². The molecule has 0 saturated heterocycles. The minimum absolute atomic E-state index is 0.00317. The van der Waals surface area contributed by atoms with Gasteiger partial charge in [0.2, 0.25) is 17.6 Å². The van der Waals surface area contributed by atoms with Crippen LogP contribution >= 0.6 is 0 Å². The van der Waals surface area contributed by atoms with Gasteiger partial charge in [-0.2, -0.15) is 4.98 Å². The normalized spacial score (nSPS) is 14.5. The number of aliphatic hydroxyl groups excluding tert-OH is 2. The molecular formula is C27H34N4O6. The molecule has 198 valence electrons. The fourth-order valence-corrected chi connectivity index (χ4v) is 4.61. The maximum atomic E-state index is 11.2. The van der Waals surface area contributed by atoms with Crippen LogP contribution in [0.1, 0.15) is 55.3 Å². The Morgan fingerprint density at radius 1 is 1.19 bits per heavy atom. The molecule has 10 heteroatoms. The van der Waals surface area contributed by atoms with Gasteiger partial charge in [0.1, 0.15) is 25.1 Å². The molecule has 0 spiro atoms. The number of amides is 1. The maximum Gasteiger partial charge on any atom is 0.258 e. The van der Waals surface area contributed by atoms with Crippen LogP contribution in [0.4, 0.5) is 0 Å². The van der Waals surface area contributed by atoms with E-state index in [1.54, 1.807) is 7.11 Å². The van der Waals surface area contributed by atoms with Crippen LogP contribution < -0.4 is 14.8 Å². The van der Waals surface area contributed by atoms with Gasteiger partial charge in [0.15, 0.2) is 0 Å². The molecule has 1 aliphatic carbocycles. The van der Waals surface area contributed by atoms with E-state index in [2.05, 4.69) is 20.4 Å². The molecule has 1 aliphatic rings. The van der Waals surface area contributed by atoms with Gasteiger partial charge in [0.25, 0.3) is 5.89 Å². The number of nitrogens with one attached hydrogen (secondary N) is 1. The summed E-state index contributed by atoms with van der Waals surface area (Å²) in [4.78, 5) is 20.5. The smallest absolute Gasteiger partial charge is 0.258 e. The Morgan fingerprint density at radius 2 is 1.97 bits per heavy atom. The maximum absolute atomic E-state index is 11.2. The molecule has 37 heavy (non-hydrogen) atoms. The average Bonchev–Trinajstić information content (AvgIpc) is 3.63. The molecule has 1 saturated carbocycles. The van der Waals surface area contributed by atoms with Crippen molar-refractivity contribution in [1.82, 2.24) is 20.4 Å². The molecule has 2 heterocycles. The summed E-state index contributed by atoms with van der Waals surface area (Å²) in [5, 5.41) is 25.5. The number of carbonyl (C=O) groups excluding carboxylic acids is 1. The van der Waals surface area contributed by atoms with Gasteiger partial charge >= 0.3 is 0 Å². The Kier molecular flexibility index (Phi) is 8.73. The molecule has 1 fully saturated rings. The first-order chi connectivity index (χ1) is 17.9. The number of rotatable bonds is 11. The number of nitrogens with zero attached hydrogens (tertiary/aromatic N) is 3. The van der Waals surface area contributed by atoms with Crippen LogP contribution in [-0.4, -0.2) is 64.2 Å². The van der Waals surface area contributed by atoms with Gasteiger partial charge in [-0.25, -0.2) is 4.98 Å². The number of aromatic nitrogens is 3. The molecule has 0 bridgehead atoms. The second-order valence-corrected chi connectivity index (χ2v) is 9.29. The largest absolute Gasteiger partial charge is 0.490 e. The average molecular weight is 511 g/mol. The molecule has 0 aliphatic heterocycles. The molecule has 4 rings (SSSR count). The molecule has 2 aromatic heterocycles. The van der Waals surface area contributed by atoms with E-state index >= 15 is 0 Å². The summed E-state index contributed by atoms with van der Waals surface area (Å²) < 4.78 is 17.0.